The third-order valence-corrected chi connectivity index (χ3v) is 5.40. The van der Waals surface area contributed by atoms with Gasteiger partial charge in [-0.15, -0.1) is 0 Å². The van der Waals surface area contributed by atoms with E-state index in [1.165, 1.54) is 6.42 Å². The largest absolute Gasteiger partial charge is 0.481 e. The molecule has 19 heavy (non-hydrogen) atoms. The van der Waals surface area contributed by atoms with Gasteiger partial charge in [-0.05, 0) is 39.0 Å². The summed E-state index contributed by atoms with van der Waals surface area (Å²) in [4.78, 5) is 23.8. The van der Waals surface area contributed by atoms with Gasteiger partial charge in [0.2, 0.25) is 5.91 Å². The van der Waals surface area contributed by atoms with Crippen molar-refractivity contribution >= 4 is 11.9 Å². The number of carbonyl (C=O) groups is 2. The molecule has 3 aliphatic rings. The third kappa shape index (κ3) is 2.04. The maximum absolute atomic E-state index is 12.4. The van der Waals surface area contributed by atoms with Gasteiger partial charge in [-0.2, -0.15) is 0 Å². The summed E-state index contributed by atoms with van der Waals surface area (Å²) < 4.78 is 0. The van der Waals surface area contributed by atoms with Gasteiger partial charge in [-0.1, -0.05) is 6.42 Å². The number of nitrogens with one attached hydrogen (secondary N) is 2. The molecular weight excluding hydrogens is 244 g/mol. The van der Waals surface area contributed by atoms with Gasteiger partial charge < -0.3 is 15.7 Å². The van der Waals surface area contributed by atoms with Crippen LogP contribution in [-0.4, -0.2) is 35.1 Å². The van der Waals surface area contributed by atoms with Crippen molar-refractivity contribution in [3.8, 4) is 0 Å². The van der Waals surface area contributed by atoms with E-state index in [0.29, 0.717) is 18.5 Å². The monoisotopic (exact) mass is 266 g/mol. The quantitative estimate of drug-likeness (QED) is 0.709. The first-order valence-corrected chi connectivity index (χ1v) is 7.30. The van der Waals surface area contributed by atoms with E-state index in [9.17, 15) is 14.7 Å². The van der Waals surface area contributed by atoms with E-state index < -0.39 is 11.4 Å². The maximum atomic E-state index is 12.4. The zero-order valence-corrected chi connectivity index (χ0v) is 11.3. The van der Waals surface area contributed by atoms with E-state index in [1.54, 1.807) is 6.92 Å². The van der Waals surface area contributed by atoms with E-state index in [1.807, 2.05) is 0 Å². The molecule has 1 saturated carbocycles. The molecule has 2 aliphatic heterocycles. The second-order valence-electron chi connectivity index (χ2n) is 6.57. The number of fused-ring (bicyclic) bond motifs is 2. The second kappa shape index (κ2) is 4.47. The van der Waals surface area contributed by atoms with Gasteiger partial charge in [0, 0.05) is 18.1 Å². The first-order valence-electron chi connectivity index (χ1n) is 7.30. The fourth-order valence-corrected chi connectivity index (χ4v) is 4.05. The van der Waals surface area contributed by atoms with E-state index in [-0.39, 0.29) is 17.9 Å². The van der Waals surface area contributed by atoms with Crippen LogP contribution in [0.2, 0.25) is 0 Å². The average molecular weight is 266 g/mol. The van der Waals surface area contributed by atoms with Crippen LogP contribution in [0.4, 0.5) is 0 Å². The number of rotatable bonds is 3. The average Bonchev–Trinajstić information content (AvgIpc) is 3.05. The number of carboxylic acid groups (broad SMARTS) is 1. The predicted octanol–water partition coefficient (Wildman–Crippen LogP) is 0.887. The molecule has 1 aliphatic carbocycles. The summed E-state index contributed by atoms with van der Waals surface area (Å²) in [5.41, 5.74) is -0.791. The summed E-state index contributed by atoms with van der Waals surface area (Å²) in [7, 11) is 0. The van der Waals surface area contributed by atoms with Crippen molar-refractivity contribution in [2.75, 3.05) is 0 Å². The van der Waals surface area contributed by atoms with Gasteiger partial charge in [0.25, 0.3) is 0 Å². The van der Waals surface area contributed by atoms with E-state index >= 15 is 0 Å². The summed E-state index contributed by atoms with van der Waals surface area (Å²) >= 11 is 0. The molecule has 0 spiro atoms. The molecule has 3 fully saturated rings. The highest BCUT2D eigenvalue weighted by molar-refractivity contribution is 5.82. The van der Waals surface area contributed by atoms with Crippen molar-refractivity contribution in [1.29, 1.82) is 0 Å². The number of aliphatic carboxylic acids is 1. The molecule has 2 heterocycles. The number of hydrogen-bond acceptors (Lipinski definition) is 3. The lowest BCUT2D eigenvalue weighted by Crippen LogP contribution is -2.50. The van der Waals surface area contributed by atoms with Crippen LogP contribution < -0.4 is 10.6 Å². The normalized spacial score (nSPS) is 44.5. The summed E-state index contributed by atoms with van der Waals surface area (Å²) in [5, 5.41) is 15.8. The first kappa shape index (κ1) is 12.9. The molecule has 0 aromatic carbocycles. The van der Waals surface area contributed by atoms with Crippen LogP contribution in [0.25, 0.3) is 0 Å². The standard InChI is InChI=1S/C14H22N2O3/c1-14(13(18)19)6-2-3-11(14)16-12(17)9-7-8-4-5-10(9)15-8/h8-11,15H,2-7H2,1H3,(H,16,17)(H,18,19). The first-order chi connectivity index (χ1) is 9.00. The van der Waals surface area contributed by atoms with Crippen LogP contribution in [0, 0.1) is 11.3 Å². The predicted molar refractivity (Wildman–Crippen MR) is 69.6 cm³/mol. The summed E-state index contributed by atoms with van der Waals surface area (Å²) in [6.07, 6.45) is 5.47. The molecular formula is C14H22N2O3. The summed E-state index contributed by atoms with van der Waals surface area (Å²) in [6.45, 7) is 1.76. The maximum Gasteiger partial charge on any atom is 0.311 e. The Balaban J connectivity index is 1.65. The van der Waals surface area contributed by atoms with Crippen molar-refractivity contribution in [2.24, 2.45) is 11.3 Å². The minimum atomic E-state index is -0.791. The van der Waals surface area contributed by atoms with E-state index in [2.05, 4.69) is 10.6 Å². The molecule has 5 atom stereocenters. The van der Waals surface area contributed by atoms with Gasteiger partial charge >= 0.3 is 5.97 Å². The number of carbonyl (C=O) groups excluding carboxylic acids is 1. The summed E-state index contributed by atoms with van der Waals surface area (Å²) in [6, 6.07) is 0.592. The van der Waals surface area contributed by atoms with Crippen molar-refractivity contribution in [3.05, 3.63) is 0 Å². The van der Waals surface area contributed by atoms with Crippen molar-refractivity contribution in [2.45, 2.75) is 63.6 Å². The topological polar surface area (TPSA) is 78.4 Å². The van der Waals surface area contributed by atoms with Crippen LogP contribution in [0.15, 0.2) is 0 Å². The van der Waals surface area contributed by atoms with Gasteiger partial charge in [0.05, 0.1) is 11.3 Å². The lowest BCUT2D eigenvalue weighted by atomic mass is 9.83. The Hall–Kier alpha value is -1.10. The van der Waals surface area contributed by atoms with Crippen LogP contribution in [0.1, 0.15) is 45.4 Å². The Kier molecular flexibility index (Phi) is 3.04. The zero-order chi connectivity index (χ0) is 13.6. The molecule has 106 valence electrons. The van der Waals surface area contributed by atoms with Crippen LogP contribution in [0.5, 0.6) is 0 Å². The fourth-order valence-electron chi connectivity index (χ4n) is 4.05. The molecule has 2 saturated heterocycles. The number of carboxylic acids is 1. The Labute approximate surface area is 113 Å². The molecule has 1 amide bonds. The minimum absolute atomic E-state index is 0.0393. The Morgan fingerprint density at radius 3 is 2.68 bits per heavy atom. The lowest BCUT2D eigenvalue weighted by molar-refractivity contribution is -0.149. The molecule has 0 aromatic rings. The number of amides is 1. The Morgan fingerprint density at radius 1 is 1.32 bits per heavy atom. The Morgan fingerprint density at radius 2 is 2.11 bits per heavy atom. The highest BCUT2D eigenvalue weighted by Crippen LogP contribution is 2.39. The molecule has 3 rings (SSSR count). The van der Waals surface area contributed by atoms with Crippen molar-refractivity contribution in [1.82, 2.24) is 10.6 Å². The van der Waals surface area contributed by atoms with Gasteiger partial charge in [-0.3, -0.25) is 9.59 Å². The fraction of sp³-hybridized carbons (Fsp3) is 0.857. The molecule has 5 heteroatoms. The summed E-state index contributed by atoms with van der Waals surface area (Å²) in [5.74, 6) is -0.696. The van der Waals surface area contributed by atoms with Crippen LogP contribution in [-0.2, 0) is 9.59 Å². The van der Waals surface area contributed by atoms with Crippen molar-refractivity contribution < 1.29 is 14.7 Å². The molecule has 0 aromatic heterocycles. The molecule has 5 nitrogen and oxygen atoms in total. The zero-order valence-electron chi connectivity index (χ0n) is 11.3. The SMILES string of the molecule is CC1(C(=O)O)CCCC1NC(=O)C1CC2CCC1N2. The highest BCUT2D eigenvalue weighted by Gasteiger charge is 2.48. The smallest absolute Gasteiger partial charge is 0.311 e. The third-order valence-electron chi connectivity index (χ3n) is 5.40. The highest BCUT2D eigenvalue weighted by atomic mass is 16.4. The van der Waals surface area contributed by atoms with Crippen LogP contribution in [0.3, 0.4) is 0 Å². The molecule has 2 bridgehead atoms. The number of hydrogen-bond donors (Lipinski definition) is 3. The molecule has 0 radical (unpaired) electrons. The lowest BCUT2D eigenvalue weighted by Gasteiger charge is -2.30. The van der Waals surface area contributed by atoms with Crippen LogP contribution >= 0.6 is 0 Å². The van der Waals surface area contributed by atoms with Gasteiger partial charge in [0.15, 0.2) is 0 Å². The van der Waals surface area contributed by atoms with Gasteiger partial charge in [-0.25, -0.2) is 0 Å². The molecule has 5 unspecified atom stereocenters. The van der Waals surface area contributed by atoms with Crippen molar-refractivity contribution in [3.63, 3.8) is 0 Å². The van der Waals surface area contributed by atoms with E-state index in [0.717, 1.165) is 25.7 Å². The van der Waals surface area contributed by atoms with Gasteiger partial charge in [0.1, 0.15) is 0 Å². The Bertz CT molecular complexity index is 411. The second-order valence-corrected chi connectivity index (χ2v) is 6.57. The molecule has 3 N–H and O–H groups in total. The van der Waals surface area contributed by atoms with E-state index in [4.69, 9.17) is 0 Å². The minimum Gasteiger partial charge on any atom is -0.481 e.